The van der Waals surface area contributed by atoms with E-state index in [1.165, 1.54) is 12.1 Å². The molecule has 0 aliphatic heterocycles. The molecule has 0 bridgehead atoms. The summed E-state index contributed by atoms with van der Waals surface area (Å²) in [6.45, 7) is 0.267. The molecule has 0 aliphatic rings. The van der Waals surface area contributed by atoms with E-state index in [1.807, 2.05) is 30.3 Å². The third kappa shape index (κ3) is 6.65. The highest BCUT2D eigenvalue weighted by molar-refractivity contribution is 5.79. The van der Waals surface area contributed by atoms with E-state index in [4.69, 9.17) is 5.11 Å². The maximum Gasteiger partial charge on any atom is 0.416 e. The second-order valence-electron chi connectivity index (χ2n) is 5.90. The van der Waals surface area contributed by atoms with Crippen LogP contribution in [-0.4, -0.2) is 36.1 Å². The van der Waals surface area contributed by atoms with Crippen LogP contribution in [0, 0.1) is 11.8 Å². The number of benzene rings is 2. The number of alkyl halides is 3. The first-order valence-electron chi connectivity index (χ1n) is 8.11. The normalized spacial score (nSPS) is 11.8. The predicted molar refractivity (Wildman–Crippen MR) is 97.9 cm³/mol. The van der Waals surface area contributed by atoms with Gasteiger partial charge in [-0.3, -0.25) is 9.69 Å². The second-order valence-corrected chi connectivity index (χ2v) is 5.90. The Morgan fingerprint density at radius 3 is 2.30 bits per heavy atom. The summed E-state index contributed by atoms with van der Waals surface area (Å²) in [5.74, 6) is 4.91. The zero-order valence-electron chi connectivity index (χ0n) is 14.6. The highest BCUT2D eigenvalue weighted by atomic mass is 19.4. The standard InChI is InChI=1S/C21H18F3NO2/c1-25(15-20(26)27)14-13-18(17-5-3-2-4-6-17)10-7-16-8-11-19(12-9-16)21(22,23)24/h2-6,8-9,11-13H,14-15H2,1H3,(H,26,27). The molecule has 0 heterocycles. The van der Waals surface area contributed by atoms with Crippen LogP contribution in [0.5, 0.6) is 0 Å². The Hall–Kier alpha value is -3.04. The van der Waals surface area contributed by atoms with Gasteiger partial charge in [0.25, 0.3) is 0 Å². The van der Waals surface area contributed by atoms with Gasteiger partial charge in [0.1, 0.15) is 0 Å². The molecule has 1 N–H and O–H groups in total. The van der Waals surface area contributed by atoms with E-state index in [2.05, 4.69) is 11.8 Å². The zero-order chi connectivity index (χ0) is 19.9. The van der Waals surface area contributed by atoms with Crippen molar-refractivity contribution in [1.82, 2.24) is 4.90 Å². The lowest BCUT2D eigenvalue weighted by Crippen LogP contribution is -2.25. The van der Waals surface area contributed by atoms with Gasteiger partial charge in [-0.25, -0.2) is 0 Å². The van der Waals surface area contributed by atoms with Gasteiger partial charge in [0, 0.05) is 17.7 Å². The minimum atomic E-state index is -4.38. The smallest absolute Gasteiger partial charge is 0.416 e. The number of hydrogen-bond acceptors (Lipinski definition) is 2. The van der Waals surface area contributed by atoms with Crippen LogP contribution in [0.15, 0.2) is 60.7 Å². The predicted octanol–water partition coefficient (Wildman–Crippen LogP) is 4.16. The van der Waals surface area contributed by atoms with E-state index in [1.54, 1.807) is 18.0 Å². The Morgan fingerprint density at radius 1 is 1.11 bits per heavy atom. The molecule has 2 aromatic carbocycles. The van der Waals surface area contributed by atoms with Crippen molar-refractivity contribution < 1.29 is 23.1 Å². The highest BCUT2D eigenvalue weighted by Gasteiger charge is 2.29. The van der Waals surface area contributed by atoms with E-state index < -0.39 is 17.7 Å². The largest absolute Gasteiger partial charge is 0.480 e. The van der Waals surface area contributed by atoms with Gasteiger partial charge in [0.15, 0.2) is 0 Å². The van der Waals surface area contributed by atoms with E-state index in [9.17, 15) is 18.0 Å². The van der Waals surface area contributed by atoms with Crippen LogP contribution in [0.25, 0.3) is 5.57 Å². The highest BCUT2D eigenvalue weighted by Crippen LogP contribution is 2.29. The lowest BCUT2D eigenvalue weighted by Gasteiger charge is -2.11. The van der Waals surface area contributed by atoms with Crippen molar-refractivity contribution in [3.63, 3.8) is 0 Å². The van der Waals surface area contributed by atoms with Gasteiger partial charge in [-0.1, -0.05) is 48.2 Å². The summed E-state index contributed by atoms with van der Waals surface area (Å²) < 4.78 is 37.9. The number of allylic oxidation sites excluding steroid dienone is 1. The Balaban J connectivity index is 2.25. The number of carbonyl (C=O) groups is 1. The Bertz CT molecular complexity index is 860. The Labute approximate surface area is 155 Å². The fourth-order valence-electron chi connectivity index (χ4n) is 2.28. The van der Waals surface area contributed by atoms with Crippen molar-refractivity contribution in [2.75, 3.05) is 20.1 Å². The minimum absolute atomic E-state index is 0.106. The molecule has 0 unspecified atom stereocenters. The summed E-state index contributed by atoms with van der Waals surface area (Å²) in [7, 11) is 1.68. The molecule has 140 valence electrons. The summed E-state index contributed by atoms with van der Waals surface area (Å²) in [5.41, 5.74) is 1.26. The monoisotopic (exact) mass is 373 g/mol. The van der Waals surface area contributed by atoms with Crippen LogP contribution in [0.3, 0.4) is 0 Å². The number of nitrogens with zero attached hydrogens (tertiary/aromatic N) is 1. The van der Waals surface area contributed by atoms with E-state index in [0.29, 0.717) is 17.7 Å². The number of hydrogen-bond donors (Lipinski definition) is 1. The van der Waals surface area contributed by atoms with Crippen molar-refractivity contribution in [2.45, 2.75) is 6.18 Å². The molecule has 2 rings (SSSR count). The molecule has 0 radical (unpaired) electrons. The molecule has 0 aromatic heterocycles. The van der Waals surface area contributed by atoms with Crippen molar-refractivity contribution >= 4 is 11.5 Å². The molecule has 0 saturated heterocycles. The molecule has 0 aliphatic carbocycles. The summed E-state index contributed by atoms with van der Waals surface area (Å²) in [6, 6.07) is 13.9. The maximum atomic E-state index is 12.6. The fourth-order valence-corrected chi connectivity index (χ4v) is 2.28. The van der Waals surface area contributed by atoms with Crippen LogP contribution in [0.1, 0.15) is 16.7 Å². The topological polar surface area (TPSA) is 40.5 Å². The molecule has 3 nitrogen and oxygen atoms in total. The van der Waals surface area contributed by atoms with Gasteiger partial charge in [-0.15, -0.1) is 0 Å². The Kier molecular flexibility index (Phi) is 6.80. The lowest BCUT2D eigenvalue weighted by atomic mass is 10.0. The third-order valence-corrected chi connectivity index (χ3v) is 3.65. The summed E-state index contributed by atoms with van der Waals surface area (Å²) in [5, 5.41) is 8.83. The molecule has 0 fully saturated rings. The van der Waals surface area contributed by atoms with Crippen LogP contribution in [-0.2, 0) is 11.0 Å². The summed E-state index contributed by atoms with van der Waals surface area (Å²) in [6.07, 6.45) is -2.58. The van der Waals surface area contributed by atoms with Gasteiger partial charge in [-0.05, 0) is 36.9 Å². The van der Waals surface area contributed by atoms with E-state index in [-0.39, 0.29) is 6.54 Å². The lowest BCUT2D eigenvalue weighted by molar-refractivity contribution is -0.138. The van der Waals surface area contributed by atoms with Crippen LogP contribution in [0.2, 0.25) is 0 Å². The molecule has 0 saturated carbocycles. The number of likely N-dealkylation sites (N-methyl/N-ethyl adjacent to an activating group) is 1. The van der Waals surface area contributed by atoms with Crippen LogP contribution in [0.4, 0.5) is 13.2 Å². The fraction of sp³-hybridized carbons (Fsp3) is 0.190. The average Bonchev–Trinajstić information content (AvgIpc) is 2.61. The molecule has 2 aromatic rings. The number of rotatable bonds is 5. The molecular weight excluding hydrogens is 355 g/mol. The SMILES string of the molecule is CN(CC=C(C#Cc1ccc(C(F)(F)F)cc1)c1ccccc1)CC(=O)O. The minimum Gasteiger partial charge on any atom is -0.480 e. The first-order valence-corrected chi connectivity index (χ1v) is 8.11. The number of aliphatic carboxylic acids is 1. The van der Waals surface area contributed by atoms with Crippen molar-refractivity contribution in [3.05, 3.63) is 77.4 Å². The first kappa shape index (κ1) is 20.3. The third-order valence-electron chi connectivity index (χ3n) is 3.65. The van der Waals surface area contributed by atoms with Crippen LogP contribution < -0.4 is 0 Å². The van der Waals surface area contributed by atoms with E-state index in [0.717, 1.165) is 17.7 Å². The number of carboxylic acids is 1. The molecule has 27 heavy (non-hydrogen) atoms. The average molecular weight is 373 g/mol. The van der Waals surface area contributed by atoms with Gasteiger partial charge < -0.3 is 5.11 Å². The van der Waals surface area contributed by atoms with Crippen molar-refractivity contribution in [3.8, 4) is 11.8 Å². The van der Waals surface area contributed by atoms with Crippen LogP contribution >= 0.6 is 0 Å². The second kappa shape index (κ2) is 9.06. The van der Waals surface area contributed by atoms with Gasteiger partial charge in [0.2, 0.25) is 0 Å². The quantitative estimate of drug-likeness (QED) is 0.801. The van der Waals surface area contributed by atoms with Crippen molar-refractivity contribution in [2.24, 2.45) is 0 Å². The Morgan fingerprint density at radius 2 is 1.74 bits per heavy atom. The van der Waals surface area contributed by atoms with Gasteiger partial charge >= 0.3 is 12.1 Å². The van der Waals surface area contributed by atoms with E-state index >= 15 is 0 Å². The first-order chi connectivity index (χ1) is 12.8. The summed E-state index contributed by atoms with van der Waals surface area (Å²) >= 11 is 0. The maximum absolute atomic E-state index is 12.6. The molecule has 0 spiro atoms. The van der Waals surface area contributed by atoms with Gasteiger partial charge in [-0.2, -0.15) is 13.2 Å². The molecule has 6 heteroatoms. The molecular formula is C21H18F3NO2. The number of carboxylic acid groups (broad SMARTS) is 1. The zero-order valence-corrected chi connectivity index (χ0v) is 14.6. The summed E-state index contributed by atoms with van der Waals surface area (Å²) in [4.78, 5) is 12.4. The number of halogens is 3. The molecule has 0 atom stereocenters. The van der Waals surface area contributed by atoms with Crippen molar-refractivity contribution in [1.29, 1.82) is 0 Å². The van der Waals surface area contributed by atoms with Gasteiger partial charge in [0.05, 0.1) is 12.1 Å². The molecule has 0 amide bonds.